The lowest BCUT2D eigenvalue weighted by Crippen LogP contribution is -2.50. The fraction of sp³-hybridized carbons (Fsp3) is 0.429. The molecule has 1 aromatic carbocycles. The van der Waals surface area contributed by atoms with Gasteiger partial charge in [0.05, 0.1) is 9.70 Å². The zero-order chi connectivity index (χ0) is 20.7. The molecule has 0 saturated carbocycles. The number of thiophene rings is 1. The molecule has 0 bridgehead atoms. The van der Waals surface area contributed by atoms with Crippen LogP contribution in [0.25, 0.3) is 0 Å². The van der Waals surface area contributed by atoms with Gasteiger partial charge in [0.25, 0.3) is 0 Å². The van der Waals surface area contributed by atoms with Crippen LogP contribution in [0.1, 0.15) is 11.3 Å². The molecule has 0 radical (unpaired) electrons. The van der Waals surface area contributed by atoms with Gasteiger partial charge in [-0.1, -0.05) is 0 Å². The minimum atomic E-state index is -0.289. The topological polar surface area (TPSA) is 62.3 Å². The van der Waals surface area contributed by atoms with Gasteiger partial charge in [-0.3, -0.25) is 14.5 Å². The van der Waals surface area contributed by atoms with Crippen LogP contribution in [0, 0.1) is 5.92 Å². The monoisotopic (exact) mass is 491 g/mol. The molecule has 1 unspecified atom stereocenters. The Morgan fingerprint density at radius 3 is 2.67 bits per heavy atom. The Morgan fingerprint density at radius 2 is 1.90 bits per heavy atom. The number of carbonyl (C=O) groups excluding carboxylic acids is 2. The van der Waals surface area contributed by atoms with Gasteiger partial charge in [0.2, 0.25) is 18.6 Å². The number of benzene rings is 1. The molecule has 158 valence electrons. The van der Waals surface area contributed by atoms with Crippen molar-refractivity contribution < 1.29 is 19.1 Å². The van der Waals surface area contributed by atoms with Gasteiger partial charge in [-0.15, -0.1) is 11.3 Å². The molecule has 30 heavy (non-hydrogen) atoms. The van der Waals surface area contributed by atoms with Gasteiger partial charge in [0.15, 0.2) is 11.5 Å². The number of piperazine rings is 1. The minimum absolute atomic E-state index is 0.0193. The van der Waals surface area contributed by atoms with Crippen molar-refractivity contribution in [3.63, 3.8) is 0 Å². The van der Waals surface area contributed by atoms with Crippen LogP contribution >= 0.6 is 27.3 Å². The number of carbonyl (C=O) groups is 2. The summed E-state index contributed by atoms with van der Waals surface area (Å²) >= 11 is 5.26. The van der Waals surface area contributed by atoms with Crippen molar-refractivity contribution in [3.8, 4) is 11.5 Å². The van der Waals surface area contributed by atoms with E-state index in [2.05, 4.69) is 33.0 Å². The molecule has 0 N–H and O–H groups in total. The molecule has 4 heterocycles. The number of anilines is 1. The van der Waals surface area contributed by atoms with Crippen LogP contribution in [0.2, 0.25) is 0 Å². The fourth-order valence-corrected chi connectivity index (χ4v) is 5.74. The van der Waals surface area contributed by atoms with E-state index < -0.39 is 0 Å². The third-order valence-electron chi connectivity index (χ3n) is 5.83. The molecule has 7 nitrogen and oxygen atoms in total. The minimum Gasteiger partial charge on any atom is -0.454 e. The van der Waals surface area contributed by atoms with Crippen LogP contribution in [0.4, 0.5) is 5.69 Å². The summed E-state index contributed by atoms with van der Waals surface area (Å²) in [4.78, 5) is 33.0. The summed E-state index contributed by atoms with van der Waals surface area (Å²) in [6.07, 6.45) is 0.261. The Morgan fingerprint density at radius 1 is 1.10 bits per heavy atom. The zero-order valence-corrected chi connectivity index (χ0v) is 18.8. The smallest absolute Gasteiger partial charge is 0.231 e. The van der Waals surface area contributed by atoms with Crippen LogP contribution in [0.5, 0.6) is 11.5 Å². The van der Waals surface area contributed by atoms with E-state index >= 15 is 0 Å². The van der Waals surface area contributed by atoms with Gasteiger partial charge >= 0.3 is 0 Å². The molecule has 3 aliphatic rings. The van der Waals surface area contributed by atoms with E-state index in [9.17, 15) is 9.59 Å². The second-order valence-electron chi connectivity index (χ2n) is 7.75. The SMILES string of the molecule is O=C(C1CC(=O)N(c2ccc3c(c2)OCO3)C1)N1CCN(Cc2ccc(Br)s2)CC1. The predicted octanol–water partition coefficient (Wildman–Crippen LogP) is 2.94. The summed E-state index contributed by atoms with van der Waals surface area (Å²) in [5.41, 5.74) is 0.756. The summed E-state index contributed by atoms with van der Waals surface area (Å²) < 4.78 is 11.9. The third-order valence-corrected chi connectivity index (χ3v) is 7.44. The Hall–Kier alpha value is -2.10. The van der Waals surface area contributed by atoms with Gasteiger partial charge < -0.3 is 19.3 Å². The predicted molar refractivity (Wildman–Crippen MR) is 117 cm³/mol. The summed E-state index contributed by atoms with van der Waals surface area (Å²) in [6, 6.07) is 9.68. The summed E-state index contributed by atoms with van der Waals surface area (Å²) in [5.74, 6) is 1.11. The van der Waals surface area contributed by atoms with Crippen molar-refractivity contribution in [1.82, 2.24) is 9.80 Å². The number of ether oxygens (including phenoxy) is 2. The first kappa shape index (κ1) is 19.8. The number of rotatable bonds is 4. The number of hydrogen-bond acceptors (Lipinski definition) is 6. The van der Waals surface area contributed by atoms with Gasteiger partial charge in [0, 0.05) is 62.3 Å². The van der Waals surface area contributed by atoms with Crippen molar-refractivity contribution >= 4 is 44.8 Å². The van der Waals surface area contributed by atoms with E-state index in [0.29, 0.717) is 31.1 Å². The van der Waals surface area contributed by atoms with E-state index in [1.54, 1.807) is 16.2 Å². The lowest BCUT2D eigenvalue weighted by Gasteiger charge is -2.35. The van der Waals surface area contributed by atoms with E-state index in [1.165, 1.54) is 4.88 Å². The number of amides is 2. The van der Waals surface area contributed by atoms with E-state index in [1.807, 2.05) is 23.1 Å². The molecular formula is C21H22BrN3O4S. The van der Waals surface area contributed by atoms with E-state index in [0.717, 1.165) is 29.1 Å². The molecule has 0 spiro atoms. The number of fused-ring (bicyclic) bond motifs is 1. The summed E-state index contributed by atoms with van der Waals surface area (Å²) in [7, 11) is 0. The number of nitrogens with zero attached hydrogens (tertiary/aromatic N) is 3. The Labute approximate surface area is 187 Å². The van der Waals surface area contributed by atoms with Crippen molar-refractivity contribution in [3.05, 3.63) is 39.0 Å². The molecule has 2 saturated heterocycles. The maximum atomic E-state index is 13.1. The molecule has 2 aromatic rings. The van der Waals surface area contributed by atoms with Gasteiger partial charge in [0.1, 0.15) is 0 Å². The molecule has 0 aliphatic carbocycles. The molecule has 1 atom stereocenters. The average molecular weight is 492 g/mol. The zero-order valence-electron chi connectivity index (χ0n) is 16.4. The van der Waals surface area contributed by atoms with Gasteiger partial charge in [-0.05, 0) is 40.2 Å². The maximum absolute atomic E-state index is 13.1. The first-order valence-electron chi connectivity index (χ1n) is 10.0. The molecule has 9 heteroatoms. The summed E-state index contributed by atoms with van der Waals surface area (Å²) in [6.45, 7) is 4.66. The second-order valence-corrected chi connectivity index (χ2v) is 10.3. The highest BCUT2D eigenvalue weighted by Crippen LogP contribution is 2.37. The Balaban J connectivity index is 1.18. The highest BCUT2D eigenvalue weighted by atomic mass is 79.9. The Kier molecular flexibility index (Phi) is 5.43. The quantitative estimate of drug-likeness (QED) is 0.657. The maximum Gasteiger partial charge on any atom is 0.231 e. The fourth-order valence-electron chi connectivity index (χ4n) is 4.22. The largest absolute Gasteiger partial charge is 0.454 e. The van der Waals surface area contributed by atoms with Crippen LogP contribution in [0.15, 0.2) is 34.1 Å². The van der Waals surface area contributed by atoms with Crippen LogP contribution < -0.4 is 14.4 Å². The molecule has 2 fully saturated rings. The highest BCUT2D eigenvalue weighted by Gasteiger charge is 2.38. The van der Waals surface area contributed by atoms with Crippen molar-refractivity contribution in [1.29, 1.82) is 0 Å². The van der Waals surface area contributed by atoms with Crippen molar-refractivity contribution in [2.45, 2.75) is 13.0 Å². The number of halogens is 1. The molecule has 1 aromatic heterocycles. The van der Waals surface area contributed by atoms with Crippen molar-refractivity contribution in [2.75, 3.05) is 44.4 Å². The van der Waals surface area contributed by atoms with Crippen LogP contribution in [-0.4, -0.2) is 61.1 Å². The average Bonchev–Trinajstić information content (AvgIpc) is 3.47. The second kappa shape index (κ2) is 8.20. The van der Waals surface area contributed by atoms with Gasteiger partial charge in [-0.2, -0.15) is 0 Å². The Bertz CT molecular complexity index is 973. The van der Waals surface area contributed by atoms with Crippen LogP contribution in [-0.2, 0) is 16.1 Å². The molecule has 5 rings (SSSR count). The molecular weight excluding hydrogens is 470 g/mol. The lowest BCUT2D eigenvalue weighted by molar-refractivity contribution is -0.137. The third kappa shape index (κ3) is 3.93. The van der Waals surface area contributed by atoms with Crippen LogP contribution in [0.3, 0.4) is 0 Å². The molecule has 3 aliphatic heterocycles. The highest BCUT2D eigenvalue weighted by molar-refractivity contribution is 9.11. The summed E-state index contributed by atoms with van der Waals surface area (Å²) in [5, 5.41) is 0. The lowest BCUT2D eigenvalue weighted by atomic mass is 10.1. The first-order valence-corrected chi connectivity index (χ1v) is 11.6. The van der Waals surface area contributed by atoms with E-state index in [-0.39, 0.29) is 30.9 Å². The first-order chi connectivity index (χ1) is 14.6. The molecule has 2 amide bonds. The van der Waals surface area contributed by atoms with E-state index in [4.69, 9.17) is 9.47 Å². The number of hydrogen-bond donors (Lipinski definition) is 0. The van der Waals surface area contributed by atoms with Crippen molar-refractivity contribution in [2.24, 2.45) is 5.92 Å². The standard InChI is InChI=1S/C21H22BrN3O4S/c22-19-4-2-16(30-19)12-23-5-7-24(8-6-23)21(27)14-9-20(26)25(11-14)15-1-3-17-18(10-15)29-13-28-17/h1-4,10,14H,5-9,11-13H2. The van der Waals surface area contributed by atoms with Gasteiger partial charge in [-0.25, -0.2) is 0 Å². The normalized spacial score (nSPS) is 21.5.